The van der Waals surface area contributed by atoms with Crippen LogP contribution in [-0.4, -0.2) is 4.57 Å². The molecule has 15 aromatic carbocycles. The Morgan fingerprint density at radius 1 is 0.188 bits per heavy atom. The first-order valence-corrected chi connectivity index (χ1v) is 29.2. The highest BCUT2D eigenvalue weighted by Crippen LogP contribution is 2.44. The van der Waals surface area contributed by atoms with E-state index in [1.165, 1.54) is 76.1 Å². The van der Waals surface area contributed by atoms with E-state index < -0.39 is 0 Å². The van der Waals surface area contributed by atoms with Gasteiger partial charge in [-0.1, -0.05) is 231 Å². The molecule has 85 heavy (non-hydrogen) atoms. The minimum absolute atomic E-state index is 1.08. The highest BCUT2D eigenvalue weighted by molar-refractivity contribution is 6.26. The zero-order valence-electron chi connectivity index (χ0n) is 46.6. The van der Waals surface area contributed by atoms with Crippen molar-refractivity contribution in [2.24, 2.45) is 0 Å². The second-order valence-electron chi connectivity index (χ2n) is 22.0. The molecule has 0 bridgehead atoms. The van der Waals surface area contributed by atoms with Gasteiger partial charge >= 0.3 is 0 Å². The largest absolute Gasteiger partial charge is 0.311 e. The topological polar surface area (TPSA) is 11.4 Å². The van der Waals surface area contributed by atoms with Gasteiger partial charge in [0.2, 0.25) is 0 Å². The lowest BCUT2D eigenvalue weighted by molar-refractivity contribution is 1.19. The summed E-state index contributed by atoms with van der Waals surface area (Å²) in [5.74, 6) is 0. The number of hydrogen-bond acceptors (Lipinski definition) is 2. The Bertz CT molecular complexity index is 5010. The summed E-state index contributed by atoms with van der Waals surface area (Å²) in [5.41, 5.74) is 19.5. The van der Waals surface area contributed by atoms with Gasteiger partial charge in [0.25, 0.3) is 0 Å². The van der Waals surface area contributed by atoms with Gasteiger partial charge in [0.05, 0.1) is 16.7 Å². The molecule has 1 heterocycles. The molecule has 0 radical (unpaired) electrons. The Morgan fingerprint density at radius 3 is 1.01 bits per heavy atom. The van der Waals surface area contributed by atoms with Gasteiger partial charge < -0.3 is 14.4 Å². The van der Waals surface area contributed by atoms with Crippen molar-refractivity contribution in [1.82, 2.24) is 4.57 Å². The molecule has 0 aliphatic carbocycles. The van der Waals surface area contributed by atoms with Crippen molar-refractivity contribution in [2.75, 3.05) is 9.80 Å². The molecule has 0 fully saturated rings. The first-order valence-electron chi connectivity index (χ1n) is 29.2. The molecule has 3 heteroatoms. The summed E-state index contributed by atoms with van der Waals surface area (Å²) in [4.78, 5) is 4.73. The maximum Gasteiger partial charge on any atom is 0.0541 e. The summed E-state index contributed by atoms with van der Waals surface area (Å²) in [6.45, 7) is 0. The van der Waals surface area contributed by atoms with Gasteiger partial charge in [-0.2, -0.15) is 0 Å². The highest BCUT2D eigenvalue weighted by Gasteiger charge is 2.20. The Kier molecular flexibility index (Phi) is 12.2. The van der Waals surface area contributed by atoms with Gasteiger partial charge in [-0.05, 0) is 185 Å². The van der Waals surface area contributed by atoms with Crippen molar-refractivity contribution in [2.45, 2.75) is 0 Å². The van der Waals surface area contributed by atoms with Gasteiger partial charge in [-0.3, -0.25) is 0 Å². The summed E-state index contributed by atoms with van der Waals surface area (Å²) >= 11 is 0. The predicted molar refractivity (Wildman–Crippen MR) is 362 cm³/mol. The van der Waals surface area contributed by atoms with Crippen molar-refractivity contribution >= 4 is 99.0 Å². The predicted octanol–water partition coefficient (Wildman–Crippen LogP) is 23.0. The normalized spacial score (nSPS) is 11.5. The molecular weight excluding hydrogens is 1030 g/mol. The molecular formula is C82H55N3. The van der Waals surface area contributed by atoms with E-state index in [4.69, 9.17) is 0 Å². The number of fused-ring (bicyclic) bond motifs is 10. The number of rotatable bonds is 11. The van der Waals surface area contributed by atoms with Crippen LogP contribution in [0.4, 0.5) is 34.1 Å². The van der Waals surface area contributed by atoms with Crippen LogP contribution < -0.4 is 9.80 Å². The Balaban J connectivity index is 0.819. The monoisotopic (exact) mass is 1080 g/mol. The number of hydrogen-bond donors (Lipinski definition) is 0. The van der Waals surface area contributed by atoms with E-state index in [9.17, 15) is 0 Å². The molecule has 398 valence electrons. The highest BCUT2D eigenvalue weighted by atomic mass is 15.1. The fourth-order valence-corrected chi connectivity index (χ4v) is 13.0. The molecule has 0 saturated carbocycles. The fraction of sp³-hybridized carbons (Fsp3) is 0. The van der Waals surface area contributed by atoms with Crippen LogP contribution >= 0.6 is 0 Å². The average molecular weight is 1080 g/mol. The molecule has 0 aliphatic heterocycles. The van der Waals surface area contributed by atoms with Crippen LogP contribution in [0.3, 0.4) is 0 Å². The summed E-state index contributed by atoms with van der Waals surface area (Å²) < 4.78 is 2.47. The molecule has 1 aromatic heterocycles. The van der Waals surface area contributed by atoms with Crippen LogP contribution in [0.25, 0.3) is 115 Å². The van der Waals surface area contributed by atoms with Crippen LogP contribution in [0.5, 0.6) is 0 Å². The van der Waals surface area contributed by atoms with E-state index in [0.29, 0.717) is 0 Å². The maximum atomic E-state index is 2.47. The van der Waals surface area contributed by atoms with Crippen LogP contribution in [0, 0.1) is 0 Å². The van der Waals surface area contributed by atoms with E-state index in [1.807, 2.05) is 0 Å². The number of para-hydroxylation sites is 1. The average Bonchev–Trinajstić information content (AvgIpc) is 2.53. The summed E-state index contributed by atoms with van der Waals surface area (Å²) in [6, 6.07) is 122. The third kappa shape index (κ3) is 8.86. The summed E-state index contributed by atoms with van der Waals surface area (Å²) in [6.07, 6.45) is 0. The van der Waals surface area contributed by atoms with Gasteiger partial charge in [0, 0.05) is 50.3 Å². The van der Waals surface area contributed by atoms with Crippen molar-refractivity contribution in [3.05, 3.63) is 334 Å². The number of aromatic nitrogens is 1. The minimum Gasteiger partial charge on any atom is -0.311 e. The first-order chi connectivity index (χ1) is 42.1. The molecule has 0 spiro atoms. The smallest absolute Gasteiger partial charge is 0.0541 e. The molecule has 0 aliphatic rings. The van der Waals surface area contributed by atoms with Crippen molar-refractivity contribution in [3.63, 3.8) is 0 Å². The van der Waals surface area contributed by atoms with Gasteiger partial charge in [-0.15, -0.1) is 0 Å². The summed E-state index contributed by atoms with van der Waals surface area (Å²) in [5, 5.41) is 12.4. The number of anilines is 6. The van der Waals surface area contributed by atoms with Crippen LogP contribution in [-0.2, 0) is 0 Å². The van der Waals surface area contributed by atoms with E-state index >= 15 is 0 Å². The SMILES string of the molecule is c1ccc(-c2ccc(N(c3ccc(-c4ccccc4)cc3)c3ccc(-c4ccc5c(c4)c4cc(-c6ccc(N(c7ccccc7)c7cccc8ccccc78)cc6)ccc4n5-c4ccc5c6ccccc6c6ccccc6c5c4)cc3)cc2)cc1. The number of benzene rings is 15. The summed E-state index contributed by atoms with van der Waals surface area (Å²) in [7, 11) is 0. The van der Waals surface area contributed by atoms with Crippen molar-refractivity contribution < 1.29 is 0 Å². The van der Waals surface area contributed by atoms with Crippen molar-refractivity contribution in [3.8, 4) is 50.2 Å². The zero-order valence-corrected chi connectivity index (χ0v) is 46.6. The maximum absolute atomic E-state index is 2.47. The third-order valence-electron chi connectivity index (χ3n) is 17.2. The van der Waals surface area contributed by atoms with Crippen LogP contribution in [0.2, 0.25) is 0 Å². The molecule has 0 atom stereocenters. The Hall–Kier alpha value is -11.3. The van der Waals surface area contributed by atoms with E-state index in [0.717, 1.165) is 73.1 Å². The Morgan fingerprint density at radius 2 is 0.529 bits per heavy atom. The van der Waals surface area contributed by atoms with E-state index in [1.54, 1.807) is 0 Å². The third-order valence-corrected chi connectivity index (χ3v) is 17.2. The van der Waals surface area contributed by atoms with Crippen LogP contribution in [0.15, 0.2) is 334 Å². The molecule has 3 nitrogen and oxygen atoms in total. The lowest BCUT2D eigenvalue weighted by Crippen LogP contribution is -2.10. The fourth-order valence-electron chi connectivity index (χ4n) is 13.0. The van der Waals surface area contributed by atoms with Crippen molar-refractivity contribution in [1.29, 1.82) is 0 Å². The molecule has 0 N–H and O–H groups in total. The quantitative estimate of drug-likeness (QED) is 0.120. The lowest BCUT2D eigenvalue weighted by atomic mass is 9.94. The van der Waals surface area contributed by atoms with Gasteiger partial charge in [-0.25, -0.2) is 0 Å². The first kappa shape index (κ1) is 49.5. The second kappa shape index (κ2) is 20.9. The van der Waals surface area contributed by atoms with E-state index in [-0.39, 0.29) is 0 Å². The molecule has 0 unspecified atom stereocenters. The molecule has 16 rings (SSSR count). The molecule has 0 saturated heterocycles. The van der Waals surface area contributed by atoms with Gasteiger partial charge in [0.15, 0.2) is 0 Å². The standard InChI is InChI=1S/C82H55N3/c1-4-17-56(18-5-1)58-31-41-66(42-32-58)83(67-43-33-59(34-44-67)57-19-6-2-7-20-57)68-45-35-60(36-46-68)63-39-51-81-78(53-63)79-54-64(61-37-47-69(48-38-61)84(65-23-8-3-9-24-65)80-30-16-22-62-21-10-11-25-71(62)80)40-52-82(79)85(81)70-49-50-76-74-28-13-12-26-72(74)73-27-14-15-29-75(73)77(76)55-70/h1-55H. The number of nitrogens with zero attached hydrogens (tertiary/aromatic N) is 3. The second-order valence-corrected chi connectivity index (χ2v) is 22.0. The lowest BCUT2D eigenvalue weighted by Gasteiger charge is -2.27. The van der Waals surface area contributed by atoms with Gasteiger partial charge in [0.1, 0.15) is 0 Å². The molecule has 16 aromatic rings. The minimum atomic E-state index is 1.08. The zero-order chi connectivity index (χ0) is 56.2. The van der Waals surface area contributed by atoms with E-state index in [2.05, 4.69) is 348 Å². The van der Waals surface area contributed by atoms with Crippen LogP contribution in [0.1, 0.15) is 0 Å². The Labute approximate surface area is 494 Å². The molecule has 0 amide bonds.